The van der Waals surface area contributed by atoms with Crippen LogP contribution in [0.4, 0.5) is 0 Å². The minimum absolute atomic E-state index is 0.302. The highest BCUT2D eigenvalue weighted by Gasteiger charge is 2.41. The van der Waals surface area contributed by atoms with E-state index in [1.807, 2.05) is 35.7 Å². The van der Waals surface area contributed by atoms with E-state index >= 15 is 0 Å². The largest absolute Gasteiger partial charge is 0.393 e. The fourth-order valence-electron chi connectivity index (χ4n) is 5.10. The van der Waals surface area contributed by atoms with Gasteiger partial charge in [-0.1, -0.05) is 68.4 Å². The topological polar surface area (TPSA) is 89.3 Å². The normalized spacial score (nSPS) is 20.0. The molecular weight excluding hydrogens is 434 g/mol. The van der Waals surface area contributed by atoms with E-state index in [0.717, 1.165) is 56.0 Å². The lowest BCUT2D eigenvalue weighted by molar-refractivity contribution is 0.0209. The molecule has 5 aromatic rings. The van der Waals surface area contributed by atoms with E-state index in [2.05, 4.69) is 56.3 Å². The number of pyridine rings is 1. The van der Waals surface area contributed by atoms with Gasteiger partial charge in [0.25, 0.3) is 0 Å². The van der Waals surface area contributed by atoms with Crippen LogP contribution in [0.25, 0.3) is 39.1 Å². The Morgan fingerprint density at radius 2 is 1.69 bits per heavy atom. The number of nitrogens with zero attached hydrogens (tertiary/aromatic N) is 4. The van der Waals surface area contributed by atoms with E-state index in [0.29, 0.717) is 18.8 Å². The van der Waals surface area contributed by atoms with Gasteiger partial charge in [0.15, 0.2) is 11.3 Å². The number of fused-ring (bicyclic) bond motifs is 3. The molecule has 0 bridgehead atoms. The predicted molar refractivity (Wildman–Crippen MR) is 139 cm³/mol. The van der Waals surface area contributed by atoms with Gasteiger partial charge in [0, 0.05) is 28.1 Å². The van der Waals surface area contributed by atoms with Gasteiger partial charge in [0.05, 0.1) is 23.2 Å². The Morgan fingerprint density at radius 3 is 2.34 bits per heavy atom. The number of benzene rings is 2. The molecule has 6 heteroatoms. The van der Waals surface area contributed by atoms with Crippen molar-refractivity contribution >= 4 is 16.7 Å². The molecule has 176 valence electrons. The maximum atomic E-state index is 9.78. The van der Waals surface area contributed by atoms with E-state index in [9.17, 15) is 5.11 Å². The Balaban J connectivity index is 1.58. The first kappa shape index (κ1) is 21.9. The number of hydrogen-bond donors (Lipinski definition) is 2. The third-order valence-corrected chi connectivity index (χ3v) is 7.19. The molecule has 1 aliphatic carbocycles. The quantitative estimate of drug-likeness (QED) is 0.375. The van der Waals surface area contributed by atoms with E-state index in [-0.39, 0.29) is 6.10 Å². The lowest BCUT2D eigenvalue weighted by Gasteiger charge is -2.42. The summed E-state index contributed by atoms with van der Waals surface area (Å²) in [6.07, 6.45) is 0.880. The Hall–Kier alpha value is -3.61. The summed E-state index contributed by atoms with van der Waals surface area (Å²) in [5, 5.41) is 15.6. The van der Waals surface area contributed by atoms with Crippen molar-refractivity contribution in [1.82, 2.24) is 19.6 Å². The summed E-state index contributed by atoms with van der Waals surface area (Å²) in [5.41, 5.74) is 14.7. The molecule has 0 spiro atoms. The van der Waals surface area contributed by atoms with Crippen molar-refractivity contribution in [3.63, 3.8) is 0 Å². The van der Waals surface area contributed by atoms with Crippen LogP contribution in [0.5, 0.6) is 0 Å². The van der Waals surface area contributed by atoms with Gasteiger partial charge in [0.2, 0.25) is 0 Å². The highest BCUT2D eigenvalue weighted by atomic mass is 16.3. The summed E-state index contributed by atoms with van der Waals surface area (Å²) in [6, 6.07) is 22.9. The Kier molecular flexibility index (Phi) is 4.99. The molecule has 1 fully saturated rings. The first-order valence-electron chi connectivity index (χ1n) is 12.2. The molecule has 0 aliphatic heterocycles. The molecule has 2 aromatic carbocycles. The molecule has 0 saturated heterocycles. The van der Waals surface area contributed by atoms with Gasteiger partial charge in [-0.2, -0.15) is 9.61 Å². The second kappa shape index (κ2) is 7.97. The van der Waals surface area contributed by atoms with Crippen molar-refractivity contribution in [3.05, 3.63) is 83.7 Å². The lowest BCUT2D eigenvalue weighted by Crippen LogP contribution is -2.51. The van der Waals surface area contributed by atoms with Gasteiger partial charge in [-0.05, 0) is 42.9 Å². The molecular formula is C29H29N5O. The van der Waals surface area contributed by atoms with Crippen molar-refractivity contribution in [3.8, 4) is 22.4 Å². The fourth-order valence-corrected chi connectivity index (χ4v) is 5.10. The second-order valence-corrected chi connectivity index (χ2v) is 10.1. The lowest BCUT2D eigenvalue weighted by atomic mass is 9.70. The highest BCUT2D eigenvalue weighted by Crippen LogP contribution is 2.40. The minimum Gasteiger partial charge on any atom is -0.393 e. The van der Waals surface area contributed by atoms with Crippen LogP contribution in [0.1, 0.15) is 49.6 Å². The Bertz CT molecular complexity index is 1550. The first-order valence-corrected chi connectivity index (χ1v) is 12.2. The van der Waals surface area contributed by atoms with E-state index in [1.165, 1.54) is 0 Å². The number of nitrogens with two attached hydrogens (primary N) is 1. The molecule has 3 heterocycles. The molecule has 0 amide bonds. The standard InChI is InChI=1S/C29H29N5O/c1-17(2)25-14-26-31-18(3)23-13-24(19-7-5-4-6-8-19)27(32-28(23)34(26)33-25)20-9-11-21(12-10-20)29(30)15-22(35)16-29/h4-14,17,22,35H,15-16,30H2,1-3H3/t22-,29-. The van der Waals surface area contributed by atoms with E-state index in [1.54, 1.807) is 0 Å². The highest BCUT2D eigenvalue weighted by molar-refractivity contribution is 5.92. The zero-order valence-corrected chi connectivity index (χ0v) is 20.2. The van der Waals surface area contributed by atoms with Crippen LogP contribution in [0, 0.1) is 6.92 Å². The number of aliphatic hydroxyl groups excluding tert-OH is 1. The van der Waals surface area contributed by atoms with Crippen LogP contribution in [0.3, 0.4) is 0 Å². The molecule has 1 saturated carbocycles. The van der Waals surface area contributed by atoms with Crippen molar-refractivity contribution in [2.45, 2.75) is 51.2 Å². The molecule has 35 heavy (non-hydrogen) atoms. The average Bonchev–Trinajstić information content (AvgIpc) is 3.28. The Morgan fingerprint density at radius 1 is 0.971 bits per heavy atom. The van der Waals surface area contributed by atoms with E-state index < -0.39 is 5.54 Å². The van der Waals surface area contributed by atoms with Gasteiger partial charge in [-0.25, -0.2) is 9.97 Å². The van der Waals surface area contributed by atoms with Gasteiger partial charge in [-0.15, -0.1) is 0 Å². The Labute approximate surface area is 204 Å². The SMILES string of the molecule is Cc1nc2cc(C(C)C)nn2c2nc(-c3ccc([C@]4(N)C[C@H](O)C4)cc3)c(-c3ccccc3)cc12. The summed E-state index contributed by atoms with van der Waals surface area (Å²) in [4.78, 5) is 10.0. The van der Waals surface area contributed by atoms with Gasteiger partial charge < -0.3 is 10.8 Å². The van der Waals surface area contributed by atoms with E-state index in [4.69, 9.17) is 20.8 Å². The molecule has 0 unspecified atom stereocenters. The fraction of sp³-hybridized carbons (Fsp3) is 0.276. The van der Waals surface area contributed by atoms with Crippen LogP contribution in [-0.4, -0.2) is 30.8 Å². The summed E-state index contributed by atoms with van der Waals surface area (Å²) in [6.45, 7) is 6.30. The summed E-state index contributed by atoms with van der Waals surface area (Å²) >= 11 is 0. The zero-order valence-electron chi connectivity index (χ0n) is 20.2. The molecule has 6 rings (SSSR count). The molecule has 0 atom stereocenters. The number of rotatable bonds is 4. The van der Waals surface area contributed by atoms with Gasteiger partial charge in [-0.3, -0.25) is 0 Å². The summed E-state index contributed by atoms with van der Waals surface area (Å²) in [7, 11) is 0. The molecule has 0 radical (unpaired) electrons. The molecule has 6 nitrogen and oxygen atoms in total. The summed E-state index contributed by atoms with van der Waals surface area (Å²) < 4.78 is 1.87. The number of aryl methyl sites for hydroxylation is 1. The number of hydrogen-bond acceptors (Lipinski definition) is 5. The number of aromatic nitrogens is 4. The molecule has 3 aromatic heterocycles. The van der Waals surface area contributed by atoms with Crippen molar-refractivity contribution in [2.24, 2.45) is 5.73 Å². The van der Waals surface area contributed by atoms with Gasteiger partial charge in [0.1, 0.15) is 0 Å². The smallest absolute Gasteiger partial charge is 0.165 e. The van der Waals surface area contributed by atoms with Crippen molar-refractivity contribution in [1.29, 1.82) is 0 Å². The van der Waals surface area contributed by atoms with Crippen molar-refractivity contribution < 1.29 is 5.11 Å². The maximum Gasteiger partial charge on any atom is 0.165 e. The first-order chi connectivity index (χ1) is 16.8. The zero-order chi connectivity index (χ0) is 24.3. The monoisotopic (exact) mass is 463 g/mol. The van der Waals surface area contributed by atoms with Crippen LogP contribution in [0.2, 0.25) is 0 Å². The third kappa shape index (κ3) is 3.61. The minimum atomic E-state index is -0.450. The van der Waals surface area contributed by atoms with Crippen LogP contribution < -0.4 is 5.73 Å². The second-order valence-electron chi connectivity index (χ2n) is 10.1. The third-order valence-electron chi connectivity index (χ3n) is 7.19. The van der Waals surface area contributed by atoms with Crippen LogP contribution >= 0.6 is 0 Å². The number of aliphatic hydroxyl groups is 1. The maximum absolute atomic E-state index is 9.78. The molecule has 1 aliphatic rings. The molecule has 3 N–H and O–H groups in total. The van der Waals surface area contributed by atoms with Gasteiger partial charge >= 0.3 is 0 Å². The summed E-state index contributed by atoms with van der Waals surface area (Å²) in [5.74, 6) is 0.302. The predicted octanol–water partition coefficient (Wildman–Crippen LogP) is 5.35. The average molecular weight is 464 g/mol. The van der Waals surface area contributed by atoms with Crippen molar-refractivity contribution in [2.75, 3.05) is 0 Å². The van der Waals surface area contributed by atoms with Crippen LogP contribution in [-0.2, 0) is 5.54 Å². The van der Waals surface area contributed by atoms with Crippen LogP contribution in [0.15, 0.2) is 66.7 Å².